The Kier molecular flexibility index (Phi) is 11.1. The van der Waals surface area contributed by atoms with Gasteiger partial charge in [0, 0.05) is 53.6 Å². The van der Waals surface area contributed by atoms with Crippen molar-refractivity contribution in [3.63, 3.8) is 0 Å². The third kappa shape index (κ3) is 8.45. The molecule has 7 rings (SSSR count). The highest BCUT2D eigenvalue weighted by Gasteiger charge is 2.27. The smallest absolute Gasteiger partial charge is 0.336 e. The molecule has 280 valence electrons. The van der Waals surface area contributed by atoms with E-state index in [1.807, 2.05) is 37.4 Å². The fourth-order valence-corrected chi connectivity index (χ4v) is 7.59. The summed E-state index contributed by atoms with van der Waals surface area (Å²) in [6.07, 6.45) is 2.44. The average molecular weight is 796 g/mol. The summed E-state index contributed by atoms with van der Waals surface area (Å²) >= 11 is 17.9. The highest BCUT2D eigenvalue weighted by molar-refractivity contribution is 7.80. The lowest BCUT2D eigenvalue weighted by atomic mass is 9.90. The SMILES string of the molecule is CN(C(=O)Cc1ccc(Cl)c(Cl)c1)[C@H](CN1CCCC1)c1ccc(NC(=S)Nc2ccc(-c3c4ccc(=O)cc-4oc4cc(O)ccc34)c(C(=O)O)c2)cc1. The van der Waals surface area contributed by atoms with Crippen LogP contribution in [0.4, 0.5) is 11.4 Å². The average Bonchev–Trinajstić information content (AvgIpc) is 3.68. The molecule has 1 fully saturated rings. The highest BCUT2D eigenvalue weighted by Crippen LogP contribution is 2.42. The molecule has 1 atom stereocenters. The Hall–Kier alpha value is -5.46. The predicted octanol–water partition coefficient (Wildman–Crippen LogP) is 8.92. The lowest BCUT2D eigenvalue weighted by molar-refractivity contribution is -0.131. The number of nitrogens with zero attached hydrogens (tertiary/aromatic N) is 2. The van der Waals surface area contributed by atoms with Crippen LogP contribution in [0.5, 0.6) is 5.75 Å². The van der Waals surface area contributed by atoms with Crippen molar-refractivity contribution in [2.45, 2.75) is 25.3 Å². The second-order valence-corrected chi connectivity index (χ2v) is 14.8. The minimum absolute atomic E-state index is 0.00732. The summed E-state index contributed by atoms with van der Waals surface area (Å²) in [6.45, 7) is 2.66. The first kappa shape index (κ1) is 37.8. The van der Waals surface area contributed by atoms with Gasteiger partial charge in [0.15, 0.2) is 10.5 Å². The molecule has 0 saturated carbocycles. The lowest BCUT2D eigenvalue weighted by Gasteiger charge is -2.32. The Balaban J connectivity index is 1.09. The van der Waals surface area contributed by atoms with Gasteiger partial charge in [0.25, 0.3) is 0 Å². The molecule has 0 aromatic heterocycles. The molecule has 13 heteroatoms. The van der Waals surface area contributed by atoms with E-state index in [4.69, 9.17) is 39.8 Å². The largest absolute Gasteiger partial charge is 0.508 e. The Morgan fingerprint density at radius 1 is 0.873 bits per heavy atom. The van der Waals surface area contributed by atoms with E-state index in [0.29, 0.717) is 55.6 Å². The number of anilines is 2. The molecule has 1 saturated heterocycles. The van der Waals surface area contributed by atoms with Crippen molar-refractivity contribution in [1.29, 1.82) is 0 Å². The number of aromatic hydroxyl groups is 1. The quantitative estimate of drug-likeness (QED) is 0.0787. The number of benzene rings is 5. The molecular weight excluding hydrogens is 759 g/mol. The Morgan fingerprint density at radius 3 is 2.31 bits per heavy atom. The molecule has 2 heterocycles. The van der Waals surface area contributed by atoms with Crippen LogP contribution in [0.25, 0.3) is 33.4 Å². The first-order valence-corrected chi connectivity index (χ1v) is 18.8. The van der Waals surface area contributed by atoms with Crippen molar-refractivity contribution in [2.24, 2.45) is 0 Å². The van der Waals surface area contributed by atoms with Gasteiger partial charge in [-0.05, 0) is 116 Å². The summed E-state index contributed by atoms with van der Waals surface area (Å²) in [5, 5.41) is 28.4. The van der Waals surface area contributed by atoms with E-state index in [-0.39, 0.29) is 46.0 Å². The molecule has 1 amide bonds. The number of likely N-dealkylation sites (N-methyl/N-ethyl adjacent to an activating group) is 1. The molecule has 2 aliphatic heterocycles. The monoisotopic (exact) mass is 794 g/mol. The summed E-state index contributed by atoms with van der Waals surface area (Å²) in [5.41, 5.74) is 4.41. The molecule has 0 unspecified atom stereocenters. The van der Waals surface area contributed by atoms with Gasteiger partial charge in [0.2, 0.25) is 5.91 Å². The maximum atomic E-state index is 13.5. The summed E-state index contributed by atoms with van der Waals surface area (Å²) in [5.74, 6) is -0.978. The van der Waals surface area contributed by atoms with Crippen LogP contribution in [-0.2, 0) is 11.2 Å². The van der Waals surface area contributed by atoms with Gasteiger partial charge in [-0.15, -0.1) is 0 Å². The van der Waals surface area contributed by atoms with Gasteiger partial charge in [0.1, 0.15) is 17.1 Å². The Morgan fingerprint density at radius 2 is 1.58 bits per heavy atom. The number of carboxylic acids is 1. The number of thiocarbonyl (C=S) groups is 1. The molecular formula is C42H36Cl2N4O6S. The number of nitrogens with one attached hydrogen (secondary N) is 2. The van der Waals surface area contributed by atoms with Gasteiger partial charge in [-0.25, -0.2) is 4.79 Å². The number of hydrogen-bond acceptors (Lipinski definition) is 7. The zero-order valence-corrected chi connectivity index (χ0v) is 32.0. The number of phenols is 1. The van der Waals surface area contributed by atoms with E-state index in [9.17, 15) is 24.6 Å². The van der Waals surface area contributed by atoms with E-state index >= 15 is 0 Å². The molecule has 3 aliphatic rings. The number of rotatable bonds is 10. The van der Waals surface area contributed by atoms with Crippen LogP contribution in [0, 0.1) is 0 Å². The van der Waals surface area contributed by atoms with Crippen LogP contribution < -0.4 is 16.1 Å². The van der Waals surface area contributed by atoms with E-state index in [2.05, 4.69) is 15.5 Å². The number of fused-ring (bicyclic) bond motifs is 2. The molecule has 4 aromatic carbocycles. The maximum Gasteiger partial charge on any atom is 0.336 e. The second-order valence-electron chi connectivity index (χ2n) is 13.5. The second kappa shape index (κ2) is 16.1. The van der Waals surface area contributed by atoms with Crippen molar-refractivity contribution >= 4 is 74.8 Å². The summed E-state index contributed by atoms with van der Waals surface area (Å²) < 4.78 is 5.93. The van der Waals surface area contributed by atoms with Crippen LogP contribution in [0.15, 0.2) is 106 Å². The standard InChI is InChI=1S/C42H36Cl2N4O6S/c1-47(39(51)19-24-4-15-34(43)35(44)18-24)36(23-48-16-2-3-17-48)25-5-7-26(8-6-25)45-42(55)46-27-9-12-30(33(20-27)41(52)53)40-31-13-10-28(49)21-37(31)54-38-22-29(50)11-14-32(38)40/h4-15,18,20-22,36,49H,2-3,16-17,19,23H2,1H3,(H,52,53)(H2,45,46,55)/t36-/m1/s1. The number of aromatic carboxylic acids is 1. The van der Waals surface area contributed by atoms with E-state index in [0.717, 1.165) is 37.1 Å². The fraction of sp³-hybridized carbons (Fsp3) is 0.190. The first-order valence-electron chi connectivity index (χ1n) is 17.6. The molecule has 10 nitrogen and oxygen atoms in total. The number of phenolic OH excluding ortho intramolecular Hbond substituents is 1. The van der Waals surface area contributed by atoms with Gasteiger partial charge in [-0.2, -0.15) is 0 Å². The number of amides is 1. The van der Waals surface area contributed by atoms with Gasteiger partial charge in [-0.3, -0.25) is 9.59 Å². The fourth-order valence-electron chi connectivity index (χ4n) is 7.03. The third-order valence-corrected chi connectivity index (χ3v) is 10.8. The van der Waals surface area contributed by atoms with Crippen LogP contribution in [0.2, 0.25) is 10.0 Å². The topological polar surface area (TPSA) is 135 Å². The van der Waals surface area contributed by atoms with Crippen molar-refractivity contribution in [3.05, 3.63) is 134 Å². The van der Waals surface area contributed by atoms with E-state index in [1.165, 1.54) is 30.3 Å². The number of carboxylic acid groups (broad SMARTS) is 1. The minimum atomic E-state index is -1.17. The van der Waals surface area contributed by atoms with Gasteiger partial charge in [0.05, 0.1) is 28.1 Å². The predicted molar refractivity (Wildman–Crippen MR) is 221 cm³/mol. The Labute approximate surface area is 332 Å². The van der Waals surface area contributed by atoms with Crippen molar-refractivity contribution < 1.29 is 24.2 Å². The summed E-state index contributed by atoms with van der Waals surface area (Å²) in [4.78, 5) is 42.5. The number of carbonyl (C=O) groups is 2. The van der Waals surface area contributed by atoms with Crippen molar-refractivity contribution in [1.82, 2.24) is 9.80 Å². The zero-order chi connectivity index (χ0) is 38.8. The van der Waals surface area contributed by atoms with Crippen LogP contribution in [0.3, 0.4) is 0 Å². The van der Waals surface area contributed by atoms with Gasteiger partial charge in [-0.1, -0.05) is 47.5 Å². The van der Waals surface area contributed by atoms with Crippen LogP contribution in [-0.4, -0.2) is 63.7 Å². The molecule has 0 bridgehead atoms. The molecule has 4 aromatic rings. The van der Waals surface area contributed by atoms with Crippen molar-refractivity contribution in [2.75, 3.05) is 37.3 Å². The third-order valence-electron chi connectivity index (χ3n) is 9.84. The number of carbonyl (C=O) groups excluding carboxylic acids is 1. The number of halogens is 2. The van der Waals surface area contributed by atoms with Crippen molar-refractivity contribution in [3.8, 4) is 28.2 Å². The molecule has 4 N–H and O–H groups in total. The maximum absolute atomic E-state index is 13.5. The summed E-state index contributed by atoms with van der Waals surface area (Å²) in [7, 11) is 1.83. The highest BCUT2D eigenvalue weighted by atomic mass is 35.5. The van der Waals surface area contributed by atoms with Gasteiger partial charge < -0.3 is 35.1 Å². The van der Waals surface area contributed by atoms with Crippen LogP contribution >= 0.6 is 35.4 Å². The molecule has 1 aliphatic carbocycles. The lowest BCUT2D eigenvalue weighted by Crippen LogP contribution is -2.39. The summed E-state index contributed by atoms with van der Waals surface area (Å²) in [6, 6.07) is 26.6. The first-order chi connectivity index (χ1) is 26.4. The molecule has 0 radical (unpaired) electrons. The van der Waals surface area contributed by atoms with E-state index in [1.54, 1.807) is 41.3 Å². The Bertz CT molecular complexity index is 2470. The van der Waals surface area contributed by atoms with E-state index < -0.39 is 5.97 Å². The normalized spacial score (nSPS) is 13.5. The van der Waals surface area contributed by atoms with Gasteiger partial charge >= 0.3 is 5.97 Å². The molecule has 55 heavy (non-hydrogen) atoms. The number of likely N-dealkylation sites (tertiary alicyclic amines) is 1. The van der Waals surface area contributed by atoms with Crippen LogP contribution in [0.1, 0.15) is 40.4 Å². The number of hydrogen-bond donors (Lipinski definition) is 4. The molecule has 0 spiro atoms. The minimum Gasteiger partial charge on any atom is -0.508 e. The zero-order valence-electron chi connectivity index (χ0n) is 29.6.